The number of hydrogen-bond donors (Lipinski definition) is 0. The molecule has 104 valence electrons. The molecule has 1 heterocycles. The number of ether oxygens (including phenoxy) is 1. The number of alkyl halides is 1. The minimum Gasteiger partial charge on any atom is -0.493 e. The van der Waals surface area contributed by atoms with Crippen molar-refractivity contribution >= 4 is 43.5 Å². The van der Waals surface area contributed by atoms with Crippen LogP contribution in [0, 0.1) is 0 Å². The highest BCUT2D eigenvalue weighted by Crippen LogP contribution is 2.40. The lowest BCUT2D eigenvalue weighted by atomic mass is 10.0. The molecular weight excluding hydrogens is 403 g/mol. The fourth-order valence-electron chi connectivity index (χ4n) is 2.47. The van der Waals surface area contributed by atoms with E-state index in [0.717, 1.165) is 39.7 Å². The number of hydrogen-bond acceptors (Lipinski definition) is 1. The van der Waals surface area contributed by atoms with Crippen LogP contribution in [-0.4, -0.2) is 6.61 Å². The van der Waals surface area contributed by atoms with Crippen molar-refractivity contribution in [1.82, 2.24) is 0 Å². The fourth-order valence-corrected chi connectivity index (χ4v) is 3.60. The van der Waals surface area contributed by atoms with Gasteiger partial charge in [-0.2, -0.15) is 0 Å². The summed E-state index contributed by atoms with van der Waals surface area (Å²) in [7, 11) is 0. The second kappa shape index (κ2) is 6.08. The van der Waals surface area contributed by atoms with Gasteiger partial charge in [-0.05, 0) is 41.8 Å². The first-order chi connectivity index (χ1) is 9.63. The van der Waals surface area contributed by atoms with Crippen LogP contribution in [0.3, 0.4) is 0 Å². The lowest BCUT2D eigenvalue weighted by molar-refractivity contribution is 0.353. The summed E-state index contributed by atoms with van der Waals surface area (Å²) in [4.78, 5) is 0. The summed E-state index contributed by atoms with van der Waals surface area (Å²) in [6.07, 6.45) is 1.75. The highest BCUT2D eigenvalue weighted by atomic mass is 79.9. The van der Waals surface area contributed by atoms with Crippen molar-refractivity contribution in [1.29, 1.82) is 0 Å². The minimum absolute atomic E-state index is 0.0828. The van der Waals surface area contributed by atoms with Gasteiger partial charge in [0.1, 0.15) is 5.75 Å². The average molecular weight is 417 g/mol. The standard InChI is InChI=1S/C16H13Br2ClO/c17-12-3-1-10(2-4-12)7-15(19)14-9-13(18)8-11-5-6-20-16(11)14/h1-4,8-9,15H,5-7H2. The average Bonchev–Trinajstić information content (AvgIpc) is 2.88. The van der Waals surface area contributed by atoms with Crippen LogP contribution in [-0.2, 0) is 12.8 Å². The van der Waals surface area contributed by atoms with Crippen LogP contribution in [0.15, 0.2) is 45.3 Å². The van der Waals surface area contributed by atoms with Gasteiger partial charge in [0.2, 0.25) is 0 Å². The highest BCUT2D eigenvalue weighted by Gasteiger charge is 2.22. The maximum Gasteiger partial charge on any atom is 0.127 e. The summed E-state index contributed by atoms with van der Waals surface area (Å²) in [5.74, 6) is 0.977. The van der Waals surface area contributed by atoms with Crippen molar-refractivity contribution in [2.75, 3.05) is 6.61 Å². The quantitative estimate of drug-likeness (QED) is 0.586. The molecule has 0 aliphatic carbocycles. The first kappa shape index (κ1) is 14.4. The Balaban J connectivity index is 1.87. The van der Waals surface area contributed by atoms with Gasteiger partial charge in [0.25, 0.3) is 0 Å². The Morgan fingerprint density at radius 2 is 1.85 bits per heavy atom. The van der Waals surface area contributed by atoms with E-state index in [0.29, 0.717) is 0 Å². The molecule has 0 aromatic heterocycles. The lowest BCUT2D eigenvalue weighted by Gasteiger charge is -2.15. The van der Waals surface area contributed by atoms with Crippen molar-refractivity contribution in [2.45, 2.75) is 18.2 Å². The molecule has 0 radical (unpaired) electrons. The van der Waals surface area contributed by atoms with Crippen molar-refractivity contribution in [3.8, 4) is 5.75 Å². The molecule has 1 nitrogen and oxygen atoms in total. The van der Waals surface area contributed by atoms with E-state index in [1.54, 1.807) is 0 Å². The van der Waals surface area contributed by atoms with E-state index in [1.165, 1.54) is 11.1 Å². The molecule has 2 aromatic rings. The molecular formula is C16H13Br2ClO. The third-order valence-electron chi connectivity index (χ3n) is 3.44. The van der Waals surface area contributed by atoms with E-state index in [2.05, 4.69) is 56.1 Å². The molecule has 1 unspecified atom stereocenters. The summed E-state index contributed by atoms with van der Waals surface area (Å²) in [6.45, 7) is 0.751. The van der Waals surface area contributed by atoms with Crippen molar-refractivity contribution in [3.05, 3.63) is 62.0 Å². The Morgan fingerprint density at radius 1 is 1.10 bits per heavy atom. The van der Waals surface area contributed by atoms with Crippen LogP contribution < -0.4 is 4.74 Å². The number of benzene rings is 2. The number of fused-ring (bicyclic) bond motifs is 1. The van der Waals surface area contributed by atoms with Crippen LogP contribution >= 0.6 is 43.5 Å². The third-order valence-corrected chi connectivity index (χ3v) is 4.82. The summed E-state index contributed by atoms with van der Waals surface area (Å²) in [6, 6.07) is 12.5. The lowest BCUT2D eigenvalue weighted by Crippen LogP contribution is -1.99. The maximum atomic E-state index is 6.62. The molecule has 0 saturated heterocycles. The van der Waals surface area contributed by atoms with Crippen LogP contribution in [0.1, 0.15) is 22.1 Å². The molecule has 0 bridgehead atoms. The molecule has 0 saturated carbocycles. The summed E-state index contributed by atoms with van der Waals surface area (Å²) < 4.78 is 7.90. The van der Waals surface area contributed by atoms with Gasteiger partial charge < -0.3 is 4.74 Å². The molecule has 2 aromatic carbocycles. The van der Waals surface area contributed by atoms with Gasteiger partial charge >= 0.3 is 0 Å². The number of halogens is 3. The van der Waals surface area contributed by atoms with Crippen LogP contribution in [0.25, 0.3) is 0 Å². The molecule has 1 aliphatic heterocycles. The Bertz CT molecular complexity index is 625. The Morgan fingerprint density at radius 3 is 2.60 bits per heavy atom. The van der Waals surface area contributed by atoms with E-state index in [9.17, 15) is 0 Å². The zero-order chi connectivity index (χ0) is 14.1. The van der Waals surface area contributed by atoms with Gasteiger partial charge in [0, 0.05) is 20.9 Å². The largest absolute Gasteiger partial charge is 0.493 e. The smallest absolute Gasteiger partial charge is 0.127 e. The molecule has 0 amide bonds. The Kier molecular flexibility index (Phi) is 4.39. The molecule has 1 aliphatic rings. The summed E-state index contributed by atoms with van der Waals surface area (Å²) in [5, 5.41) is -0.0828. The second-order valence-electron chi connectivity index (χ2n) is 4.88. The highest BCUT2D eigenvalue weighted by molar-refractivity contribution is 9.10. The van der Waals surface area contributed by atoms with Crippen LogP contribution in [0.5, 0.6) is 5.75 Å². The monoisotopic (exact) mass is 414 g/mol. The summed E-state index contributed by atoms with van der Waals surface area (Å²) in [5.41, 5.74) is 3.55. The predicted octanol–water partition coefficient (Wildman–Crippen LogP) is 5.67. The van der Waals surface area contributed by atoms with Gasteiger partial charge in [-0.15, -0.1) is 11.6 Å². The van der Waals surface area contributed by atoms with E-state index >= 15 is 0 Å². The molecule has 4 heteroatoms. The zero-order valence-corrected chi connectivity index (χ0v) is 14.6. The van der Waals surface area contributed by atoms with E-state index in [1.807, 2.05) is 12.1 Å². The van der Waals surface area contributed by atoms with Gasteiger partial charge in [0.15, 0.2) is 0 Å². The van der Waals surface area contributed by atoms with Gasteiger partial charge in [0.05, 0.1) is 12.0 Å². The van der Waals surface area contributed by atoms with Crippen molar-refractivity contribution in [2.24, 2.45) is 0 Å². The normalized spacial score (nSPS) is 14.8. The maximum absolute atomic E-state index is 6.62. The van der Waals surface area contributed by atoms with Crippen LogP contribution in [0.4, 0.5) is 0 Å². The second-order valence-corrected chi connectivity index (χ2v) is 7.24. The van der Waals surface area contributed by atoms with E-state index in [-0.39, 0.29) is 5.38 Å². The Hall–Kier alpha value is -0.510. The molecule has 20 heavy (non-hydrogen) atoms. The predicted molar refractivity (Wildman–Crippen MR) is 89.8 cm³/mol. The van der Waals surface area contributed by atoms with Crippen molar-refractivity contribution < 1.29 is 4.74 Å². The van der Waals surface area contributed by atoms with Gasteiger partial charge in [-0.1, -0.05) is 44.0 Å². The van der Waals surface area contributed by atoms with E-state index in [4.69, 9.17) is 16.3 Å². The first-order valence-electron chi connectivity index (χ1n) is 6.47. The van der Waals surface area contributed by atoms with E-state index < -0.39 is 0 Å². The molecule has 1 atom stereocenters. The SMILES string of the molecule is ClC(Cc1ccc(Br)cc1)c1cc(Br)cc2c1OCC2. The van der Waals surface area contributed by atoms with Gasteiger partial charge in [-0.3, -0.25) is 0 Å². The summed E-state index contributed by atoms with van der Waals surface area (Å²) >= 11 is 13.6. The molecule has 0 fully saturated rings. The van der Waals surface area contributed by atoms with Crippen molar-refractivity contribution in [3.63, 3.8) is 0 Å². The number of rotatable bonds is 3. The fraction of sp³-hybridized carbons (Fsp3) is 0.250. The molecule has 0 N–H and O–H groups in total. The molecule has 0 spiro atoms. The topological polar surface area (TPSA) is 9.23 Å². The third kappa shape index (κ3) is 3.05. The van der Waals surface area contributed by atoms with Gasteiger partial charge in [-0.25, -0.2) is 0 Å². The first-order valence-corrected chi connectivity index (χ1v) is 8.49. The zero-order valence-electron chi connectivity index (χ0n) is 10.7. The minimum atomic E-state index is -0.0828. The molecule has 3 rings (SSSR count). The Labute approximate surface area is 140 Å². The van der Waals surface area contributed by atoms with Crippen LogP contribution in [0.2, 0.25) is 0 Å².